The van der Waals surface area contributed by atoms with E-state index >= 15 is 0 Å². The molecule has 114 valence electrons. The Kier molecular flexibility index (Phi) is 4.03. The first-order valence-electron chi connectivity index (χ1n) is 7.63. The predicted molar refractivity (Wildman–Crippen MR) is 77.1 cm³/mol. The fraction of sp³-hybridized carbons (Fsp3) is 0.667. The number of halogens is 1. The Bertz CT molecular complexity index is 499. The molecule has 0 unspecified atom stereocenters. The summed E-state index contributed by atoms with van der Waals surface area (Å²) in [4.78, 5) is 21.9. The van der Waals surface area contributed by atoms with Crippen LogP contribution in [-0.4, -0.2) is 40.4 Å². The second-order valence-electron chi connectivity index (χ2n) is 6.19. The lowest BCUT2D eigenvalue weighted by molar-refractivity contribution is -0.134. The standard InChI is InChI=1S/C15H21FN4O/c1-10-6-13(10)14(21)20-4-2-11(3-5-20)7-17-15-18-8-12(16)9-19-15/h8-11,13H,2-7H2,1H3,(H,17,18,19)/t10-,13-/m1/s1. The Balaban J connectivity index is 1.41. The van der Waals surface area contributed by atoms with Gasteiger partial charge in [0.05, 0.1) is 12.4 Å². The Morgan fingerprint density at radius 3 is 2.57 bits per heavy atom. The molecule has 0 aromatic carbocycles. The minimum absolute atomic E-state index is 0.285. The number of nitrogens with one attached hydrogen (secondary N) is 1. The van der Waals surface area contributed by atoms with Crippen LogP contribution in [0.2, 0.25) is 0 Å². The average Bonchev–Trinajstić information content (AvgIpc) is 3.23. The minimum atomic E-state index is -0.429. The minimum Gasteiger partial charge on any atom is -0.354 e. The highest BCUT2D eigenvalue weighted by Crippen LogP contribution is 2.39. The van der Waals surface area contributed by atoms with E-state index in [1.165, 1.54) is 0 Å². The van der Waals surface area contributed by atoms with Crippen molar-refractivity contribution in [2.24, 2.45) is 17.8 Å². The third-order valence-corrected chi connectivity index (χ3v) is 4.52. The van der Waals surface area contributed by atoms with Crippen molar-refractivity contribution in [3.05, 3.63) is 18.2 Å². The summed E-state index contributed by atoms with van der Waals surface area (Å²) in [5.41, 5.74) is 0. The van der Waals surface area contributed by atoms with E-state index in [2.05, 4.69) is 22.2 Å². The summed E-state index contributed by atoms with van der Waals surface area (Å²) in [7, 11) is 0. The smallest absolute Gasteiger partial charge is 0.225 e. The quantitative estimate of drug-likeness (QED) is 0.921. The number of piperidine rings is 1. The van der Waals surface area contributed by atoms with Crippen LogP contribution >= 0.6 is 0 Å². The van der Waals surface area contributed by atoms with Gasteiger partial charge >= 0.3 is 0 Å². The first-order chi connectivity index (χ1) is 10.1. The molecule has 1 aromatic rings. The van der Waals surface area contributed by atoms with Crippen molar-refractivity contribution in [3.8, 4) is 0 Å². The molecule has 0 radical (unpaired) electrons. The molecule has 1 amide bonds. The summed E-state index contributed by atoms with van der Waals surface area (Å²) >= 11 is 0. The van der Waals surface area contributed by atoms with Crippen LogP contribution in [0, 0.1) is 23.6 Å². The van der Waals surface area contributed by atoms with Gasteiger partial charge in [0, 0.05) is 25.6 Å². The highest BCUT2D eigenvalue weighted by molar-refractivity contribution is 5.81. The van der Waals surface area contributed by atoms with Crippen molar-refractivity contribution < 1.29 is 9.18 Å². The van der Waals surface area contributed by atoms with E-state index in [4.69, 9.17) is 0 Å². The number of anilines is 1. The normalized spacial score (nSPS) is 25.7. The van der Waals surface area contributed by atoms with Gasteiger partial charge in [-0.25, -0.2) is 14.4 Å². The van der Waals surface area contributed by atoms with Crippen LogP contribution < -0.4 is 5.32 Å². The molecule has 0 bridgehead atoms. The Morgan fingerprint density at radius 1 is 1.38 bits per heavy atom. The van der Waals surface area contributed by atoms with Crippen LogP contribution in [0.25, 0.3) is 0 Å². The van der Waals surface area contributed by atoms with Crippen molar-refractivity contribution in [3.63, 3.8) is 0 Å². The van der Waals surface area contributed by atoms with Gasteiger partial charge in [-0.15, -0.1) is 0 Å². The maximum atomic E-state index is 12.7. The number of likely N-dealkylation sites (tertiary alicyclic amines) is 1. The number of hydrogen-bond acceptors (Lipinski definition) is 4. The van der Waals surface area contributed by atoms with Crippen molar-refractivity contribution in [2.45, 2.75) is 26.2 Å². The Morgan fingerprint density at radius 2 is 2.00 bits per heavy atom. The zero-order chi connectivity index (χ0) is 14.8. The van der Waals surface area contributed by atoms with E-state index in [0.717, 1.165) is 51.3 Å². The topological polar surface area (TPSA) is 58.1 Å². The molecule has 2 aliphatic rings. The van der Waals surface area contributed by atoms with Gasteiger partial charge in [0.15, 0.2) is 5.82 Å². The second kappa shape index (κ2) is 5.95. The van der Waals surface area contributed by atoms with Gasteiger partial charge in [-0.05, 0) is 31.1 Å². The lowest BCUT2D eigenvalue weighted by Crippen LogP contribution is -2.40. The average molecular weight is 292 g/mol. The fourth-order valence-electron chi connectivity index (χ4n) is 2.90. The number of carbonyl (C=O) groups excluding carboxylic acids is 1. The lowest BCUT2D eigenvalue weighted by atomic mass is 9.96. The first-order valence-corrected chi connectivity index (χ1v) is 7.63. The summed E-state index contributed by atoms with van der Waals surface area (Å²) < 4.78 is 12.7. The summed E-state index contributed by atoms with van der Waals surface area (Å²) in [6.07, 6.45) is 5.38. The van der Waals surface area contributed by atoms with Gasteiger partial charge < -0.3 is 10.2 Å². The van der Waals surface area contributed by atoms with E-state index < -0.39 is 5.82 Å². The zero-order valence-electron chi connectivity index (χ0n) is 12.3. The molecule has 1 N–H and O–H groups in total. The van der Waals surface area contributed by atoms with E-state index in [1.807, 2.05) is 4.90 Å². The summed E-state index contributed by atoms with van der Waals surface area (Å²) in [6.45, 7) is 4.60. The third kappa shape index (κ3) is 3.49. The van der Waals surface area contributed by atoms with Gasteiger partial charge in [0.25, 0.3) is 0 Å². The lowest BCUT2D eigenvalue weighted by Gasteiger charge is -2.32. The molecule has 1 aromatic heterocycles. The molecule has 2 heterocycles. The molecule has 1 aliphatic carbocycles. The molecule has 3 rings (SSSR count). The molecule has 0 spiro atoms. The third-order valence-electron chi connectivity index (χ3n) is 4.52. The van der Waals surface area contributed by atoms with Crippen molar-refractivity contribution >= 4 is 11.9 Å². The maximum absolute atomic E-state index is 12.7. The summed E-state index contributed by atoms with van der Waals surface area (Å²) in [6, 6.07) is 0. The van der Waals surface area contributed by atoms with Crippen LogP contribution in [-0.2, 0) is 4.79 Å². The predicted octanol–water partition coefficient (Wildman–Crippen LogP) is 1.92. The summed E-state index contributed by atoms with van der Waals surface area (Å²) in [5, 5.41) is 3.14. The zero-order valence-corrected chi connectivity index (χ0v) is 12.3. The maximum Gasteiger partial charge on any atom is 0.225 e. The van der Waals surface area contributed by atoms with Crippen molar-refractivity contribution in [2.75, 3.05) is 25.0 Å². The molecule has 2 atom stereocenters. The number of nitrogens with zero attached hydrogens (tertiary/aromatic N) is 3. The molecular weight excluding hydrogens is 271 g/mol. The van der Waals surface area contributed by atoms with Gasteiger partial charge in [-0.1, -0.05) is 6.92 Å². The van der Waals surface area contributed by atoms with Crippen molar-refractivity contribution in [1.82, 2.24) is 14.9 Å². The van der Waals surface area contributed by atoms with E-state index in [9.17, 15) is 9.18 Å². The molecule has 5 nitrogen and oxygen atoms in total. The van der Waals surface area contributed by atoms with Gasteiger partial charge in [-0.3, -0.25) is 4.79 Å². The summed E-state index contributed by atoms with van der Waals surface area (Å²) in [5.74, 6) is 1.75. The molecule has 21 heavy (non-hydrogen) atoms. The molecule has 1 aliphatic heterocycles. The number of rotatable bonds is 4. The number of carbonyl (C=O) groups is 1. The van der Waals surface area contributed by atoms with E-state index in [0.29, 0.717) is 23.7 Å². The van der Waals surface area contributed by atoms with Gasteiger partial charge in [-0.2, -0.15) is 0 Å². The van der Waals surface area contributed by atoms with Crippen LogP contribution in [0.1, 0.15) is 26.2 Å². The fourth-order valence-corrected chi connectivity index (χ4v) is 2.90. The Labute approximate surface area is 124 Å². The largest absolute Gasteiger partial charge is 0.354 e. The molecule has 1 saturated carbocycles. The van der Waals surface area contributed by atoms with E-state index in [-0.39, 0.29) is 5.92 Å². The highest BCUT2D eigenvalue weighted by atomic mass is 19.1. The SMILES string of the molecule is C[C@@H]1C[C@H]1C(=O)N1CCC(CNc2ncc(F)cn2)CC1. The number of amides is 1. The number of aromatic nitrogens is 2. The van der Waals surface area contributed by atoms with Crippen LogP contribution in [0.5, 0.6) is 0 Å². The molecule has 6 heteroatoms. The van der Waals surface area contributed by atoms with Crippen LogP contribution in [0.4, 0.5) is 10.3 Å². The Hall–Kier alpha value is -1.72. The van der Waals surface area contributed by atoms with Crippen LogP contribution in [0.3, 0.4) is 0 Å². The number of hydrogen-bond donors (Lipinski definition) is 1. The second-order valence-corrected chi connectivity index (χ2v) is 6.19. The molecular formula is C15H21FN4O. The van der Waals surface area contributed by atoms with Gasteiger partial charge in [0.2, 0.25) is 11.9 Å². The molecule has 2 fully saturated rings. The van der Waals surface area contributed by atoms with E-state index in [1.54, 1.807) is 0 Å². The monoisotopic (exact) mass is 292 g/mol. The first kappa shape index (κ1) is 14.2. The molecule has 1 saturated heterocycles. The van der Waals surface area contributed by atoms with Gasteiger partial charge in [0.1, 0.15) is 0 Å². The van der Waals surface area contributed by atoms with Crippen LogP contribution in [0.15, 0.2) is 12.4 Å². The van der Waals surface area contributed by atoms with Crippen molar-refractivity contribution in [1.29, 1.82) is 0 Å². The highest BCUT2D eigenvalue weighted by Gasteiger charge is 2.41.